The van der Waals surface area contributed by atoms with Crippen molar-refractivity contribution in [3.05, 3.63) is 130 Å². The number of aromatic nitrogens is 1. The Morgan fingerprint density at radius 3 is 2.20 bits per heavy atom. The minimum Gasteiger partial charge on any atom is -0.308 e. The van der Waals surface area contributed by atoms with Crippen LogP contribution >= 0.6 is 0 Å². The van der Waals surface area contributed by atoms with Gasteiger partial charge in [-0.3, -0.25) is 4.98 Å². The molecule has 2 nitrogen and oxygen atoms in total. The Hall–Kier alpha value is -4.17. The fourth-order valence-electron chi connectivity index (χ4n) is 7.18. The highest BCUT2D eigenvalue weighted by molar-refractivity contribution is 5.99. The van der Waals surface area contributed by atoms with Crippen molar-refractivity contribution in [2.45, 2.75) is 25.7 Å². The SMILES string of the molecule is c1ccc2c(c1)Cc1ccc3c(c1-2)-c1cc2c4c(c1C3)Cc1ccccc1N4c1cnccc1C2. The summed E-state index contributed by atoms with van der Waals surface area (Å²) in [5, 5.41) is 0. The molecule has 2 aliphatic heterocycles. The van der Waals surface area contributed by atoms with Crippen molar-refractivity contribution in [3.8, 4) is 22.3 Å². The van der Waals surface area contributed by atoms with Gasteiger partial charge in [0.15, 0.2) is 0 Å². The van der Waals surface area contributed by atoms with Gasteiger partial charge in [0.25, 0.3) is 0 Å². The van der Waals surface area contributed by atoms with E-state index in [1.54, 1.807) is 0 Å². The number of hydrogen-bond acceptors (Lipinski definition) is 2. The maximum atomic E-state index is 4.52. The molecule has 5 aromatic rings. The molecule has 0 saturated heterocycles. The lowest BCUT2D eigenvalue weighted by Gasteiger charge is -2.40. The molecule has 2 aliphatic carbocycles. The second-order valence-electron chi connectivity index (χ2n) is 10.4. The van der Waals surface area contributed by atoms with E-state index in [4.69, 9.17) is 0 Å². The van der Waals surface area contributed by atoms with Crippen LogP contribution in [0.4, 0.5) is 17.1 Å². The van der Waals surface area contributed by atoms with E-state index in [9.17, 15) is 0 Å². The van der Waals surface area contributed by atoms with E-state index in [1.165, 1.54) is 83.8 Å². The van der Waals surface area contributed by atoms with Crippen LogP contribution in [-0.2, 0) is 25.7 Å². The van der Waals surface area contributed by atoms with Crippen LogP contribution in [0, 0.1) is 0 Å². The Labute approximate surface area is 204 Å². The van der Waals surface area contributed by atoms with Gasteiger partial charge in [-0.1, -0.05) is 54.6 Å². The lowest BCUT2D eigenvalue weighted by atomic mass is 9.82. The molecule has 0 unspecified atom stereocenters. The Morgan fingerprint density at radius 1 is 0.543 bits per heavy atom. The number of anilines is 3. The molecule has 0 fully saturated rings. The van der Waals surface area contributed by atoms with Crippen molar-refractivity contribution in [1.82, 2.24) is 4.98 Å². The highest BCUT2D eigenvalue weighted by Crippen LogP contribution is 2.56. The zero-order valence-electron chi connectivity index (χ0n) is 19.3. The van der Waals surface area contributed by atoms with Crippen LogP contribution in [0.3, 0.4) is 0 Å². The standard InChI is InChI=1S/C33H22N2/c1-3-7-25-19(5-1)13-22-9-10-23-16-26-27(32(23)31(22)25)17-24-14-21-11-12-34-18-30(21)35-29-8-4-2-6-20(29)15-28(26)33(24)35/h1-12,17-18H,13-16H2. The van der Waals surface area contributed by atoms with E-state index in [0.717, 1.165) is 25.7 Å². The third-order valence-electron chi connectivity index (χ3n) is 8.61. The van der Waals surface area contributed by atoms with Gasteiger partial charge in [-0.05, 0) is 97.8 Å². The van der Waals surface area contributed by atoms with Gasteiger partial charge in [0, 0.05) is 24.7 Å². The number of pyridine rings is 1. The highest BCUT2D eigenvalue weighted by Gasteiger charge is 2.37. The molecule has 35 heavy (non-hydrogen) atoms. The van der Waals surface area contributed by atoms with Gasteiger partial charge in [-0.2, -0.15) is 0 Å². The topological polar surface area (TPSA) is 16.1 Å². The van der Waals surface area contributed by atoms with Crippen LogP contribution in [0.25, 0.3) is 22.3 Å². The monoisotopic (exact) mass is 446 g/mol. The largest absolute Gasteiger partial charge is 0.308 e. The molecule has 4 aromatic carbocycles. The van der Waals surface area contributed by atoms with Gasteiger partial charge >= 0.3 is 0 Å². The molecule has 0 N–H and O–H groups in total. The van der Waals surface area contributed by atoms with E-state index in [-0.39, 0.29) is 0 Å². The van der Waals surface area contributed by atoms with Crippen molar-refractivity contribution >= 4 is 17.1 Å². The third kappa shape index (κ3) is 2.23. The van der Waals surface area contributed by atoms with Crippen molar-refractivity contribution in [3.63, 3.8) is 0 Å². The first-order chi connectivity index (χ1) is 17.3. The summed E-state index contributed by atoms with van der Waals surface area (Å²) in [5.41, 5.74) is 21.5. The van der Waals surface area contributed by atoms with E-state index < -0.39 is 0 Å². The van der Waals surface area contributed by atoms with E-state index in [1.807, 2.05) is 6.20 Å². The number of benzene rings is 4. The minimum atomic E-state index is 0.965. The summed E-state index contributed by atoms with van der Waals surface area (Å²) in [7, 11) is 0. The first-order valence-corrected chi connectivity index (χ1v) is 12.6. The summed E-state index contributed by atoms with van der Waals surface area (Å²) in [5.74, 6) is 0. The molecule has 0 radical (unpaired) electrons. The molecule has 164 valence electrons. The minimum absolute atomic E-state index is 0.965. The van der Waals surface area contributed by atoms with Crippen molar-refractivity contribution in [1.29, 1.82) is 0 Å². The van der Waals surface area contributed by atoms with Crippen LogP contribution < -0.4 is 4.90 Å². The zero-order chi connectivity index (χ0) is 22.7. The number of rotatable bonds is 0. The molecule has 2 heteroatoms. The third-order valence-corrected chi connectivity index (χ3v) is 8.61. The molecule has 0 spiro atoms. The predicted octanol–water partition coefficient (Wildman–Crippen LogP) is 7.50. The van der Waals surface area contributed by atoms with Gasteiger partial charge in [-0.25, -0.2) is 0 Å². The van der Waals surface area contributed by atoms with Crippen LogP contribution in [0.2, 0.25) is 0 Å². The van der Waals surface area contributed by atoms with E-state index >= 15 is 0 Å². The summed E-state index contributed by atoms with van der Waals surface area (Å²) in [6.07, 6.45) is 8.03. The average molecular weight is 447 g/mol. The summed E-state index contributed by atoms with van der Waals surface area (Å²) in [6.45, 7) is 0. The van der Waals surface area contributed by atoms with Crippen LogP contribution in [-0.4, -0.2) is 4.98 Å². The first-order valence-electron chi connectivity index (χ1n) is 12.6. The van der Waals surface area contributed by atoms with Crippen LogP contribution in [0.15, 0.2) is 85.2 Å². The smallest absolute Gasteiger partial charge is 0.0680 e. The highest BCUT2D eigenvalue weighted by atomic mass is 15.2. The van der Waals surface area contributed by atoms with Gasteiger partial charge < -0.3 is 4.90 Å². The Kier molecular flexibility index (Phi) is 3.27. The molecule has 0 bridgehead atoms. The molecule has 0 atom stereocenters. The van der Waals surface area contributed by atoms with Crippen molar-refractivity contribution in [2.75, 3.05) is 4.90 Å². The fourth-order valence-corrected chi connectivity index (χ4v) is 7.18. The van der Waals surface area contributed by atoms with Gasteiger partial charge in [0.1, 0.15) is 0 Å². The molecule has 3 heterocycles. The van der Waals surface area contributed by atoms with E-state index in [0.29, 0.717) is 0 Å². The number of para-hydroxylation sites is 1. The molecular formula is C33H22N2. The summed E-state index contributed by atoms with van der Waals surface area (Å²) in [4.78, 5) is 7.02. The van der Waals surface area contributed by atoms with Crippen LogP contribution in [0.1, 0.15) is 44.5 Å². The Balaban J connectivity index is 1.35. The second-order valence-corrected chi connectivity index (χ2v) is 10.4. The molecule has 0 saturated carbocycles. The Morgan fingerprint density at radius 2 is 1.26 bits per heavy atom. The lowest BCUT2D eigenvalue weighted by Crippen LogP contribution is -2.25. The normalized spacial score (nSPS) is 14.9. The zero-order valence-corrected chi connectivity index (χ0v) is 19.3. The first kappa shape index (κ1) is 18.2. The molecule has 1 aromatic heterocycles. The van der Waals surface area contributed by atoms with Crippen LogP contribution in [0.5, 0.6) is 0 Å². The molecule has 0 amide bonds. The summed E-state index contributed by atoms with van der Waals surface area (Å²) < 4.78 is 0. The summed E-state index contributed by atoms with van der Waals surface area (Å²) in [6, 6.07) is 27.4. The average Bonchev–Trinajstić information content (AvgIpc) is 3.46. The van der Waals surface area contributed by atoms with E-state index in [2.05, 4.69) is 88.9 Å². The molecule has 9 rings (SSSR count). The Bertz CT molecular complexity index is 1750. The maximum absolute atomic E-state index is 4.52. The van der Waals surface area contributed by atoms with Gasteiger partial charge in [-0.15, -0.1) is 0 Å². The second kappa shape index (κ2) is 6.28. The predicted molar refractivity (Wildman–Crippen MR) is 141 cm³/mol. The van der Waals surface area contributed by atoms with Crippen molar-refractivity contribution < 1.29 is 0 Å². The maximum Gasteiger partial charge on any atom is 0.0680 e. The quantitative estimate of drug-likeness (QED) is 0.240. The number of fused-ring (bicyclic) bond motifs is 12. The van der Waals surface area contributed by atoms with Crippen molar-refractivity contribution in [2.24, 2.45) is 0 Å². The number of nitrogens with zero attached hydrogens (tertiary/aromatic N) is 2. The molecule has 4 aliphatic rings. The summed E-state index contributed by atoms with van der Waals surface area (Å²) >= 11 is 0. The van der Waals surface area contributed by atoms with Gasteiger partial charge in [0.05, 0.1) is 17.6 Å². The number of hydrogen-bond donors (Lipinski definition) is 0. The fraction of sp³-hybridized carbons (Fsp3) is 0.121. The molecular weight excluding hydrogens is 424 g/mol. The lowest BCUT2D eigenvalue weighted by molar-refractivity contribution is 0.986. The van der Waals surface area contributed by atoms with Gasteiger partial charge in [0.2, 0.25) is 0 Å².